The minimum atomic E-state index is 0.912. The molecular weight excluding hydrogens is 701 g/mol. The van der Waals surface area contributed by atoms with Gasteiger partial charge in [-0.25, -0.2) is 9.97 Å². The van der Waals surface area contributed by atoms with E-state index in [-0.39, 0.29) is 0 Å². The quantitative estimate of drug-likeness (QED) is 0.159. The maximum atomic E-state index is 5.46. The number of aromatic nitrogens is 2. The van der Waals surface area contributed by atoms with Crippen molar-refractivity contribution in [3.05, 3.63) is 218 Å². The van der Waals surface area contributed by atoms with Gasteiger partial charge in [-0.05, 0) is 108 Å². The third-order valence-electron chi connectivity index (χ3n) is 11.4. The van der Waals surface area contributed by atoms with Crippen LogP contribution in [0.15, 0.2) is 218 Å². The van der Waals surface area contributed by atoms with Gasteiger partial charge in [-0.2, -0.15) is 0 Å². The molecule has 270 valence electrons. The Kier molecular flexibility index (Phi) is 8.19. The zero-order chi connectivity index (χ0) is 38.4. The van der Waals surface area contributed by atoms with Gasteiger partial charge < -0.3 is 0 Å². The Labute approximate surface area is 337 Å². The Balaban J connectivity index is 1.11. The molecule has 0 atom stereocenters. The molecule has 0 fully saturated rings. The number of fused-ring (bicyclic) bond motifs is 6. The van der Waals surface area contributed by atoms with Crippen LogP contribution in [0.4, 0.5) is 0 Å². The van der Waals surface area contributed by atoms with Crippen molar-refractivity contribution in [2.75, 3.05) is 0 Å². The van der Waals surface area contributed by atoms with Gasteiger partial charge in [0.15, 0.2) is 0 Å². The second-order valence-electron chi connectivity index (χ2n) is 14.9. The molecule has 2 heteroatoms. The Bertz CT molecular complexity index is 3110. The van der Waals surface area contributed by atoms with Crippen LogP contribution in [0, 0.1) is 0 Å². The molecule has 0 spiro atoms. The number of hydrogen-bond donors (Lipinski definition) is 0. The SMILES string of the molecule is c1ccc(-c2cc(-c3cccc(-c4cc(-c5ccccc5)cc(-c5cc6ccccc6c6ccccc56)n4)c3)nc(-c3cc4ccccc4c4ccccc34)c2)cc1. The van der Waals surface area contributed by atoms with E-state index in [4.69, 9.17) is 9.97 Å². The lowest BCUT2D eigenvalue weighted by Crippen LogP contribution is -1.95. The van der Waals surface area contributed by atoms with Crippen molar-refractivity contribution in [3.63, 3.8) is 0 Å². The average molecular weight is 737 g/mol. The summed E-state index contributed by atoms with van der Waals surface area (Å²) in [5, 5.41) is 9.72. The van der Waals surface area contributed by atoms with E-state index in [1.165, 1.54) is 43.1 Å². The van der Waals surface area contributed by atoms with Crippen molar-refractivity contribution < 1.29 is 0 Å². The number of benzene rings is 9. The van der Waals surface area contributed by atoms with Gasteiger partial charge in [-0.1, -0.05) is 176 Å². The highest BCUT2D eigenvalue weighted by Crippen LogP contribution is 2.40. The molecule has 11 aromatic rings. The molecule has 9 aromatic carbocycles. The molecule has 0 bridgehead atoms. The molecule has 0 radical (unpaired) electrons. The van der Waals surface area contributed by atoms with Gasteiger partial charge in [-0.3, -0.25) is 0 Å². The molecule has 0 aliphatic heterocycles. The fraction of sp³-hybridized carbons (Fsp3) is 0. The first-order valence-corrected chi connectivity index (χ1v) is 19.8. The lowest BCUT2D eigenvalue weighted by molar-refractivity contribution is 1.31. The van der Waals surface area contributed by atoms with E-state index in [1.54, 1.807) is 0 Å². The van der Waals surface area contributed by atoms with E-state index < -0.39 is 0 Å². The van der Waals surface area contributed by atoms with Crippen LogP contribution in [0.25, 0.3) is 110 Å². The Hall–Kier alpha value is -7.68. The molecule has 0 N–H and O–H groups in total. The van der Waals surface area contributed by atoms with Gasteiger partial charge in [0, 0.05) is 22.3 Å². The third-order valence-corrected chi connectivity index (χ3v) is 11.4. The normalized spacial score (nSPS) is 11.4. The molecule has 0 amide bonds. The van der Waals surface area contributed by atoms with E-state index in [0.29, 0.717) is 0 Å². The van der Waals surface area contributed by atoms with Crippen molar-refractivity contribution in [1.82, 2.24) is 9.97 Å². The van der Waals surface area contributed by atoms with Gasteiger partial charge in [0.05, 0.1) is 22.8 Å². The molecule has 0 saturated carbocycles. The highest BCUT2D eigenvalue weighted by Gasteiger charge is 2.17. The van der Waals surface area contributed by atoms with Crippen LogP contribution in [-0.2, 0) is 0 Å². The molecule has 0 saturated heterocycles. The minimum absolute atomic E-state index is 0.912. The summed E-state index contributed by atoms with van der Waals surface area (Å²) in [7, 11) is 0. The summed E-state index contributed by atoms with van der Waals surface area (Å²) in [4.78, 5) is 10.9. The zero-order valence-corrected chi connectivity index (χ0v) is 31.7. The molecule has 2 aromatic heterocycles. The first kappa shape index (κ1) is 33.6. The Morgan fingerprint density at radius 1 is 0.207 bits per heavy atom. The first-order chi connectivity index (χ1) is 28.7. The summed E-state index contributed by atoms with van der Waals surface area (Å²) in [6.45, 7) is 0. The zero-order valence-electron chi connectivity index (χ0n) is 31.7. The number of pyridine rings is 2. The van der Waals surface area contributed by atoms with E-state index in [9.17, 15) is 0 Å². The highest BCUT2D eigenvalue weighted by atomic mass is 14.7. The van der Waals surface area contributed by atoms with E-state index in [0.717, 1.165) is 67.3 Å². The maximum absolute atomic E-state index is 5.46. The van der Waals surface area contributed by atoms with Crippen molar-refractivity contribution in [3.8, 4) is 67.3 Å². The maximum Gasteiger partial charge on any atom is 0.0722 e. The number of hydrogen-bond acceptors (Lipinski definition) is 2. The van der Waals surface area contributed by atoms with Crippen LogP contribution < -0.4 is 0 Å². The minimum Gasteiger partial charge on any atom is -0.248 e. The van der Waals surface area contributed by atoms with Gasteiger partial charge in [0.1, 0.15) is 0 Å². The smallest absolute Gasteiger partial charge is 0.0722 e. The average Bonchev–Trinajstić information content (AvgIpc) is 3.31. The van der Waals surface area contributed by atoms with Crippen LogP contribution in [0.3, 0.4) is 0 Å². The first-order valence-electron chi connectivity index (χ1n) is 19.8. The van der Waals surface area contributed by atoms with E-state index >= 15 is 0 Å². The van der Waals surface area contributed by atoms with Crippen LogP contribution in [0.2, 0.25) is 0 Å². The van der Waals surface area contributed by atoms with E-state index in [1.807, 2.05) is 0 Å². The lowest BCUT2D eigenvalue weighted by atomic mass is 9.93. The molecule has 0 aliphatic carbocycles. The lowest BCUT2D eigenvalue weighted by Gasteiger charge is -2.15. The third kappa shape index (κ3) is 6.00. The van der Waals surface area contributed by atoms with Crippen LogP contribution in [0.1, 0.15) is 0 Å². The molecule has 58 heavy (non-hydrogen) atoms. The topological polar surface area (TPSA) is 25.8 Å². The van der Waals surface area contributed by atoms with Gasteiger partial charge >= 0.3 is 0 Å². The predicted molar refractivity (Wildman–Crippen MR) is 245 cm³/mol. The summed E-state index contributed by atoms with van der Waals surface area (Å²) >= 11 is 0. The van der Waals surface area contributed by atoms with Crippen LogP contribution in [0.5, 0.6) is 0 Å². The standard InChI is InChI=1S/C56H36N2/c1-3-16-37(17-4-1)43-33-53(57-55(35-43)51-31-39-20-7-9-24-45(39)47-26-11-13-28-49(47)51)41-22-15-23-42(30-41)54-34-44(38-18-5-2-6-19-38)36-56(58-54)52-32-40-21-8-10-25-46(40)48-27-12-14-29-50(48)52/h1-36H. The largest absolute Gasteiger partial charge is 0.248 e. The number of rotatable bonds is 6. The summed E-state index contributed by atoms with van der Waals surface area (Å²) in [6.07, 6.45) is 0. The van der Waals surface area contributed by atoms with Crippen LogP contribution >= 0.6 is 0 Å². The molecular formula is C56H36N2. The van der Waals surface area contributed by atoms with Crippen molar-refractivity contribution >= 4 is 43.1 Å². The number of nitrogens with zero attached hydrogens (tertiary/aromatic N) is 2. The van der Waals surface area contributed by atoms with Crippen molar-refractivity contribution in [2.24, 2.45) is 0 Å². The monoisotopic (exact) mass is 736 g/mol. The fourth-order valence-corrected chi connectivity index (χ4v) is 8.60. The van der Waals surface area contributed by atoms with Crippen LogP contribution in [-0.4, -0.2) is 9.97 Å². The Morgan fingerprint density at radius 3 is 1.00 bits per heavy atom. The van der Waals surface area contributed by atoms with E-state index in [2.05, 4.69) is 218 Å². The summed E-state index contributed by atoms with van der Waals surface area (Å²) in [5.74, 6) is 0. The van der Waals surface area contributed by atoms with Gasteiger partial charge in [-0.15, -0.1) is 0 Å². The fourth-order valence-electron chi connectivity index (χ4n) is 8.60. The molecule has 11 rings (SSSR count). The summed E-state index contributed by atoms with van der Waals surface area (Å²) < 4.78 is 0. The predicted octanol–water partition coefficient (Wildman–Crippen LogP) is 15.1. The van der Waals surface area contributed by atoms with Gasteiger partial charge in [0.25, 0.3) is 0 Å². The van der Waals surface area contributed by atoms with Crippen molar-refractivity contribution in [2.45, 2.75) is 0 Å². The summed E-state index contributed by atoms with van der Waals surface area (Å²) in [5.41, 5.74) is 12.6. The summed E-state index contributed by atoms with van der Waals surface area (Å²) in [6, 6.07) is 78.1. The second kappa shape index (κ2) is 14.1. The molecule has 0 aliphatic rings. The Morgan fingerprint density at radius 2 is 0.552 bits per heavy atom. The molecule has 2 nitrogen and oxygen atoms in total. The molecule has 2 heterocycles. The molecule has 0 unspecified atom stereocenters. The highest BCUT2D eigenvalue weighted by molar-refractivity contribution is 6.15. The second-order valence-corrected chi connectivity index (χ2v) is 14.9. The van der Waals surface area contributed by atoms with Crippen molar-refractivity contribution in [1.29, 1.82) is 0 Å². The van der Waals surface area contributed by atoms with Gasteiger partial charge in [0.2, 0.25) is 0 Å².